The minimum Gasteiger partial charge on any atom is -0.504 e. The van der Waals surface area contributed by atoms with Crippen LogP contribution in [0.2, 0.25) is 0 Å². The van der Waals surface area contributed by atoms with E-state index in [9.17, 15) is 15.3 Å². The van der Waals surface area contributed by atoms with Crippen LogP contribution in [0.1, 0.15) is 85.8 Å². The predicted molar refractivity (Wildman–Crippen MR) is 159 cm³/mol. The number of phenolic OH excluding ortho intramolecular Hbond substituents is 1. The van der Waals surface area contributed by atoms with Gasteiger partial charge in [0.05, 0.1) is 19.3 Å². The lowest BCUT2D eigenvalue weighted by Gasteiger charge is -2.12. The van der Waals surface area contributed by atoms with Gasteiger partial charge in [-0.2, -0.15) is 0 Å². The zero-order chi connectivity index (χ0) is 28.7. The third kappa shape index (κ3) is 10.7. The Morgan fingerprint density at radius 2 is 1.77 bits per heavy atom. The fraction of sp³-hybridized carbons (Fsp3) is 0.562. The van der Waals surface area contributed by atoms with Gasteiger partial charge in [0, 0.05) is 49.8 Å². The van der Waals surface area contributed by atoms with Gasteiger partial charge in [0.25, 0.3) is 0 Å². The number of ether oxygens (including phenoxy) is 1. The number of aliphatic hydroxyl groups is 2. The van der Waals surface area contributed by atoms with Crippen molar-refractivity contribution in [2.45, 2.75) is 90.3 Å². The minimum absolute atomic E-state index is 0.00962. The van der Waals surface area contributed by atoms with E-state index < -0.39 is 0 Å². The molecule has 8 heteroatoms. The van der Waals surface area contributed by atoms with Crippen LogP contribution in [-0.2, 0) is 32.3 Å². The van der Waals surface area contributed by atoms with Gasteiger partial charge in [-0.25, -0.2) is 0 Å². The maximum Gasteiger partial charge on any atom is 0.161 e. The van der Waals surface area contributed by atoms with Gasteiger partial charge >= 0.3 is 0 Å². The molecule has 2 atom stereocenters. The molecule has 0 aliphatic heterocycles. The number of aryl methyl sites for hydroxylation is 3. The molecule has 0 bridgehead atoms. The van der Waals surface area contributed by atoms with E-state index in [0.717, 1.165) is 73.5 Å². The molecule has 222 valence electrons. The fourth-order valence-corrected chi connectivity index (χ4v) is 4.84. The number of H-pyrrole nitrogens is 1. The second-order valence-electron chi connectivity index (χ2n) is 10.9. The average molecular weight is 556 g/mol. The summed E-state index contributed by atoms with van der Waals surface area (Å²) in [4.78, 5) is 3.32. The van der Waals surface area contributed by atoms with Crippen molar-refractivity contribution in [1.29, 1.82) is 0 Å². The van der Waals surface area contributed by atoms with Crippen LogP contribution < -0.4 is 15.8 Å². The van der Waals surface area contributed by atoms with E-state index in [-0.39, 0.29) is 18.5 Å². The van der Waals surface area contributed by atoms with Gasteiger partial charge in [0.2, 0.25) is 0 Å². The first kappa shape index (κ1) is 31.7. The van der Waals surface area contributed by atoms with Gasteiger partial charge in [0.15, 0.2) is 11.5 Å². The lowest BCUT2D eigenvalue weighted by Crippen LogP contribution is -2.27. The normalized spacial score (nSPS) is 13.0. The van der Waals surface area contributed by atoms with E-state index in [1.165, 1.54) is 18.4 Å². The summed E-state index contributed by atoms with van der Waals surface area (Å²) in [7, 11) is 0. The van der Waals surface area contributed by atoms with Crippen molar-refractivity contribution in [2.24, 2.45) is 5.73 Å². The molecule has 0 saturated heterocycles. The number of hydrogen-bond acceptors (Lipinski definition) is 7. The summed E-state index contributed by atoms with van der Waals surface area (Å²) >= 11 is 0. The molecule has 0 aliphatic rings. The lowest BCUT2D eigenvalue weighted by molar-refractivity contribution is 0.191. The van der Waals surface area contributed by atoms with E-state index in [0.29, 0.717) is 37.7 Å². The molecule has 40 heavy (non-hydrogen) atoms. The van der Waals surface area contributed by atoms with E-state index in [1.54, 1.807) is 13.0 Å². The number of rotatable bonds is 20. The molecule has 0 fully saturated rings. The minimum atomic E-state index is -0.352. The molecule has 7 N–H and O–H groups in total. The summed E-state index contributed by atoms with van der Waals surface area (Å²) in [6.45, 7) is 6.50. The topological polar surface area (TPSA) is 137 Å². The average Bonchev–Trinajstić information content (AvgIpc) is 3.57. The number of furan rings is 1. The van der Waals surface area contributed by atoms with Gasteiger partial charge in [-0.05, 0) is 74.0 Å². The smallest absolute Gasteiger partial charge is 0.161 e. The van der Waals surface area contributed by atoms with E-state index in [2.05, 4.69) is 23.3 Å². The number of hydrogen-bond donors (Lipinski definition) is 6. The monoisotopic (exact) mass is 555 g/mol. The first-order valence-corrected chi connectivity index (χ1v) is 14.8. The molecule has 2 heterocycles. The van der Waals surface area contributed by atoms with Crippen LogP contribution in [-0.4, -0.2) is 52.6 Å². The second-order valence-corrected chi connectivity index (χ2v) is 10.9. The zero-order valence-electron chi connectivity index (χ0n) is 24.3. The van der Waals surface area contributed by atoms with Gasteiger partial charge in [-0.1, -0.05) is 32.3 Å². The molecule has 0 spiro atoms. The highest BCUT2D eigenvalue weighted by molar-refractivity contribution is 5.42. The van der Waals surface area contributed by atoms with Crippen LogP contribution in [0.5, 0.6) is 11.5 Å². The van der Waals surface area contributed by atoms with Crippen molar-refractivity contribution in [3.05, 3.63) is 70.4 Å². The predicted octanol–water partition coefficient (Wildman–Crippen LogP) is 4.74. The summed E-state index contributed by atoms with van der Waals surface area (Å²) in [5, 5.41) is 32.8. The summed E-state index contributed by atoms with van der Waals surface area (Å²) in [6.07, 6.45) is 10.3. The number of phenols is 1. The number of nitrogens with two attached hydrogens (primary N) is 1. The van der Waals surface area contributed by atoms with Crippen LogP contribution in [0.25, 0.3) is 0 Å². The second kappa shape index (κ2) is 17.1. The van der Waals surface area contributed by atoms with E-state index in [4.69, 9.17) is 14.9 Å². The number of aromatic hydroxyl groups is 1. The molecular formula is C32H49N3O5. The summed E-state index contributed by atoms with van der Waals surface area (Å²) in [5.74, 6) is 2.70. The van der Waals surface area contributed by atoms with E-state index >= 15 is 0 Å². The lowest BCUT2D eigenvalue weighted by atomic mass is 10.0. The number of aliphatic hydroxyl groups excluding tert-OH is 2. The van der Waals surface area contributed by atoms with E-state index in [1.807, 2.05) is 24.4 Å². The van der Waals surface area contributed by atoms with Gasteiger partial charge < -0.3 is 40.5 Å². The third-order valence-corrected chi connectivity index (χ3v) is 7.26. The molecule has 0 radical (unpaired) electrons. The number of aromatic amines is 1. The highest BCUT2D eigenvalue weighted by Crippen LogP contribution is 2.28. The Balaban J connectivity index is 1.46. The Morgan fingerprint density at radius 1 is 0.975 bits per heavy atom. The molecule has 0 amide bonds. The molecular weight excluding hydrogens is 506 g/mol. The van der Waals surface area contributed by atoms with Crippen molar-refractivity contribution in [3.63, 3.8) is 0 Å². The van der Waals surface area contributed by atoms with Crippen molar-refractivity contribution in [3.8, 4) is 11.5 Å². The molecule has 8 nitrogen and oxygen atoms in total. The molecule has 1 aromatic carbocycles. The van der Waals surface area contributed by atoms with Gasteiger partial charge in [0.1, 0.15) is 11.5 Å². The fourth-order valence-electron chi connectivity index (χ4n) is 4.84. The Morgan fingerprint density at radius 3 is 2.55 bits per heavy atom. The SMILES string of the molecule is CC(O)CNCC(C)c1c[nH]c(CCOc2cc(CCc3cc(CO)c(CCCCCCCN)o3)ccc2O)c1. The Labute approximate surface area is 239 Å². The number of nitrogens with one attached hydrogen (secondary N) is 2. The Bertz CT molecular complexity index is 1120. The van der Waals surface area contributed by atoms with Crippen LogP contribution in [0.15, 0.2) is 40.9 Å². The maximum absolute atomic E-state index is 10.3. The number of benzene rings is 1. The van der Waals surface area contributed by atoms with Crippen LogP contribution in [0.4, 0.5) is 0 Å². The van der Waals surface area contributed by atoms with Crippen LogP contribution in [0, 0.1) is 0 Å². The van der Waals surface area contributed by atoms with Crippen molar-refractivity contribution < 1.29 is 24.5 Å². The van der Waals surface area contributed by atoms with Crippen molar-refractivity contribution in [1.82, 2.24) is 10.3 Å². The molecule has 2 unspecified atom stereocenters. The van der Waals surface area contributed by atoms with Crippen molar-refractivity contribution in [2.75, 3.05) is 26.2 Å². The summed E-state index contributed by atoms with van der Waals surface area (Å²) < 4.78 is 12.0. The zero-order valence-corrected chi connectivity index (χ0v) is 24.3. The molecule has 3 aromatic rings. The summed E-state index contributed by atoms with van der Waals surface area (Å²) in [6, 6.07) is 9.59. The highest BCUT2D eigenvalue weighted by Gasteiger charge is 2.12. The number of unbranched alkanes of at least 4 members (excludes halogenated alkanes) is 4. The van der Waals surface area contributed by atoms with Gasteiger partial charge in [-0.15, -0.1) is 0 Å². The Kier molecular flexibility index (Phi) is 13.6. The van der Waals surface area contributed by atoms with Gasteiger partial charge in [-0.3, -0.25) is 0 Å². The van der Waals surface area contributed by atoms with Crippen LogP contribution >= 0.6 is 0 Å². The Hall–Kier alpha value is -2.78. The largest absolute Gasteiger partial charge is 0.504 e. The summed E-state index contributed by atoms with van der Waals surface area (Å²) in [5.41, 5.74) is 9.79. The first-order valence-electron chi connectivity index (χ1n) is 14.8. The standard InChI is InChI=1S/C32H49N3O5/c1-23(19-34-20-24(2)37)26-17-28(35-21-26)13-15-39-32-16-25(10-12-30(32)38)9-11-29-18-27(22-36)31(40-29)8-6-4-3-5-7-14-33/h10,12,16-18,21,23-24,34-38H,3-9,11,13-15,19-20,22,33H2,1-2H3. The highest BCUT2D eigenvalue weighted by atomic mass is 16.5. The third-order valence-electron chi connectivity index (χ3n) is 7.26. The van der Waals surface area contributed by atoms with Crippen LogP contribution in [0.3, 0.4) is 0 Å². The maximum atomic E-state index is 10.3. The molecule has 2 aromatic heterocycles. The van der Waals surface area contributed by atoms with Crippen molar-refractivity contribution >= 4 is 0 Å². The molecule has 0 saturated carbocycles. The number of aromatic nitrogens is 1. The molecule has 0 aliphatic carbocycles. The molecule has 3 rings (SSSR count). The first-order chi connectivity index (χ1) is 19.4. The quantitative estimate of drug-likeness (QED) is 0.111.